The Morgan fingerprint density at radius 1 is 1.20 bits per heavy atom. The van der Waals surface area contributed by atoms with E-state index >= 15 is 0 Å². The lowest BCUT2D eigenvalue weighted by atomic mass is 9.85. The van der Waals surface area contributed by atoms with E-state index < -0.39 is 6.10 Å². The molecule has 1 fully saturated rings. The van der Waals surface area contributed by atoms with Crippen LogP contribution in [0.25, 0.3) is 0 Å². The summed E-state index contributed by atoms with van der Waals surface area (Å²) in [6, 6.07) is 7.93. The van der Waals surface area contributed by atoms with Crippen molar-refractivity contribution in [3.05, 3.63) is 35.4 Å². The topological polar surface area (TPSA) is 75.4 Å². The van der Waals surface area contributed by atoms with Crippen molar-refractivity contribution in [1.29, 1.82) is 0 Å². The molecule has 2 atom stereocenters. The van der Waals surface area contributed by atoms with E-state index in [1.54, 1.807) is 0 Å². The highest BCUT2D eigenvalue weighted by atomic mass is 16.3. The van der Waals surface area contributed by atoms with E-state index in [4.69, 9.17) is 5.73 Å². The Balaban J connectivity index is 1.67. The second-order valence-corrected chi connectivity index (χ2v) is 6.07. The Morgan fingerprint density at radius 2 is 1.90 bits per heavy atom. The van der Waals surface area contributed by atoms with E-state index in [1.165, 1.54) is 0 Å². The summed E-state index contributed by atoms with van der Waals surface area (Å²) in [7, 11) is 0. The molecule has 0 radical (unpaired) electrons. The average Bonchev–Trinajstić information content (AvgIpc) is 2.76. The van der Waals surface area contributed by atoms with Crippen molar-refractivity contribution < 1.29 is 9.90 Å². The number of amides is 1. The maximum absolute atomic E-state index is 12.4. The third-order valence-corrected chi connectivity index (χ3v) is 4.64. The van der Waals surface area contributed by atoms with Gasteiger partial charge >= 0.3 is 0 Å². The highest BCUT2D eigenvalue weighted by Crippen LogP contribution is 2.32. The van der Waals surface area contributed by atoms with E-state index in [9.17, 15) is 9.90 Å². The van der Waals surface area contributed by atoms with Gasteiger partial charge in [-0.3, -0.25) is 4.79 Å². The van der Waals surface area contributed by atoms with Crippen LogP contribution < -0.4 is 11.1 Å². The quantitative estimate of drug-likeness (QED) is 0.760. The molecule has 0 heterocycles. The minimum Gasteiger partial charge on any atom is -0.390 e. The molecular formula is C16H22N2O2. The lowest BCUT2D eigenvalue weighted by Crippen LogP contribution is -2.40. The predicted octanol–water partition coefficient (Wildman–Crippen LogP) is 1.28. The Bertz CT molecular complexity index is 495. The Hall–Kier alpha value is -1.39. The number of aliphatic hydroxyl groups is 1. The molecule has 3 rings (SSSR count). The number of nitrogens with one attached hydrogen (secondary N) is 1. The molecular weight excluding hydrogens is 252 g/mol. The maximum atomic E-state index is 12.4. The van der Waals surface area contributed by atoms with Crippen LogP contribution in [0.15, 0.2) is 24.3 Å². The molecule has 2 aliphatic carbocycles. The first kappa shape index (κ1) is 13.6. The fraction of sp³-hybridized carbons (Fsp3) is 0.562. The molecule has 108 valence electrons. The van der Waals surface area contributed by atoms with E-state index in [-0.39, 0.29) is 23.9 Å². The molecule has 4 N–H and O–H groups in total. The number of benzene rings is 1. The molecule has 2 aliphatic rings. The molecule has 0 aromatic heterocycles. The van der Waals surface area contributed by atoms with Crippen LogP contribution in [0.5, 0.6) is 0 Å². The summed E-state index contributed by atoms with van der Waals surface area (Å²) >= 11 is 0. The van der Waals surface area contributed by atoms with Crippen LogP contribution in [-0.2, 0) is 11.2 Å². The van der Waals surface area contributed by atoms with Gasteiger partial charge in [0.25, 0.3) is 0 Å². The lowest BCUT2D eigenvalue weighted by molar-refractivity contribution is -0.127. The molecule has 4 nitrogen and oxygen atoms in total. The van der Waals surface area contributed by atoms with Gasteiger partial charge in [0.05, 0.1) is 12.1 Å². The van der Waals surface area contributed by atoms with E-state index in [0.29, 0.717) is 6.42 Å². The number of carbonyl (C=O) groups is 1. The van der Waals surface area contributed by atoms with Crippen molar-refractivity contribution in [2.24, 2.45) is 11.7 Å². The van der Waals surface area contributed by atoms with Gasteiger partial charge in [-0.25, -0.2) is 0 Å². The van der Waals surface area contributed by atoms with Crippen molar-refractivity contribution in [3.8, 4) is 0 Å². The fourth-order valence-corrected chi connectivity index (χ4v) is 3.40. The molecule has 20 heavy (non-hydrogen) atoms. The minimum absolute atomic E-state index is 0.0507. The van der Waals surface area contributed by atoms with Crippen LogP contribution in [-0.4, -0.2) is 23.2 Å². The molecule has 1 aromatic carbocycles. The maximum Gasteiger partial charge on any atom is 0.223 e. The third-order valence-electron chi connectivity index (χ3n) is 4.64. The normalized spacial score (nSPS) is 32.7. The highest BCUT2D eigenvalue weighted by molar-refractivity contribution is 5.79. The molecule has 1 saturated carbocycles. The van der Waals surface area contributed by atoms with Gasteiger partial charge < -0.3 is 16.2 Å². The standard InChI is InChI=1S/C16H22N2O2/c17-12-7-5-10(6-8-12)16(20)18-15-13-4-2-1-3-11(13)9-14(15)19/h1-4,10,12,14-15,19H,5-9,17H2,(H,18,20)/t10?,12?,14-,15+/m0/s1. The van der Waals surface area contributed by atoms with Crippen LogP contribution in [0.4, 0.5) is 0 Å². The van der Waals surface area contributed by atoms with Crippen molar-refractivity contribution in [3.63, 3.8) is 0 Å². The second-order valence-electron chi connectivity index (χ2n) is 6.07. The fourth-order valence-electron chi connectivity index (χ4n) is 3.40. The van der Waals surface area contributed by atoms with Crippen molar-refractivity contribution in [1.82, 2.24) is 5.32 Å². The SMILES string of the molecule is NC1CCC(C(=O)N[C@@H]2c3ccccc3C[C@@H]2O)CC1. The van der Waals surface area contributed by atoms with Gasteiger partial charge in [0, 0.05) is 18.4 Å². The summed E-state index contributed by atoms with van der Waals surface area (Å²) in [4.78, 5) is 12.4. The summed E-state index contributed by atoms with van der Waals surface area (Å²) in [5.74, 6) is 0.118. The number of aliphatic hydroxyl groups excluding tert-OH is 1. The second kappa shape index (κ2) is 5.54. The molecule has 0 spiro atoms. The molecule has 0 aliphatic heterocycles. The van der Waals surface area contributed by atoms with Crippen LogP contribution in [0, 0.1) is 5.92 Å². The van der Waals surface area contributed by atoms with Crippen LogP contribution >= 0.6 is 0 Å². The van der Waals surface area contributed by atoms with Crippen LogP contribution in [0.3, 0.4) is 0 Å². The molecule has 0 saturated heterocycles. The van der Waals surface area contributed by atoms with Crippen LogP contribution in [0.1, 0.15) is 42.9 Å². The Labute approximate surface area is 119 Å². The van der Waals surface area contributed by atoms with Crippen molar-refractivity contribution in [2.75, 3.05) is 0 Å². The zero-order valence-corrected chi connectivity index (χ0v) is 11.6. The smallest absolute Gasteiger partial charge is 0.223 e. The number of nitrogens with two attached hydrogens (primary N) is 1. The monoisotopic (exact) mass is 274 g/mol. The number of hydrogen-bond acceptors (Lipinski definition) is 3. The van der Waals surface area contributed by atoms with Gasteiger partial charge in [-0.1, -0.05) is 24.3 Å². The number of carbonyl (C=O) groups excluding carboxylic acids is 1. The largest absolute Gasteiger partial charge is 0.390 e. The van der Waals surface area contributed by atoms with Gasteiger partial charge in [-0.2, -0.15) is 0 Å². The predicted molar refractivity (Wildman–Crippen MR) is 77.0 cm³/mol. The van der Waals surface area contributed by atoms with Crippen molar-refractivity contribution >= 4 is 5.91 Å². The average molecular weight is 274 g/mol. The Kier molecular flexibility index (Phi) is 3.76. The molecule has 1 amide bonds. The summed E-state index contributed by atoms with van der Waals surface area (Å²) < 4.78 is 0. The first-order valence-electron chi connectivity index (χ1n) is 7.47. The highest BCUT2D eigenvalue weighted by Gasteiger charge is 2.34. The van der Waals surface area contributed by atoms with E-state index in [2.05, 4.69) is 5.32 Å². The number of rotatable bonds is 2. The number of fused-ring (bicyclic) bond motifs is 1. The van der Waals surface area contributed by atoms with Gasteiger partial charge in [-0.05, 0) is 36.8 Å². The molecule has 0 bridgehead atoms. The van der Waals surface area contributed by atoms with Gasteiger partial charge in [-0.15, -0.1) is 0 Å². The number of hydrogen-bond donors (Lipinski definition) is 3. The first-order valence-corrected chi connectivity index (χ1v) is 7.47. The van der Waals surface area contributed by atoms with Gasteiger partial charge in [0.15, 0.2) is 0 Å². The van der Waals surface area contributed by atoms with Gasteiger partial charge in [0.2, 0.25) is 5.91 Å². The van der Waals surface area contributed by atoms with E-state index in [0.717, 1.165) is 36.8 Å². The summed E-state index contributed by atoms with van der Waals surface area (Å²) in [6.45, 7) is 0. The summed E-state index contributed by atoms with van der Waals surface area (Å²) in [5, 5.41) is 13.2. The lowest BCUT2D eigenvalue weighted by Gasteiger charge is -2.27. The van der Waals surface area contributed by atoms with Crippen LogP contribution in [0.2, 0.25) is 0 Å². The molecule has 4 heteroatoms. The summed E-state index contributed by atoms with van der Waals surface area (Å²) in [6.07, 6.45) is 3.66. The molecule has 0 unspecified atom stereocenters. The zero-order chi connectivity index (χ0) is 14.1. The van der Waals surface area contributed by atoms with Gasteiger partial charge in [0.1, 0.15) is 0 Å². The zero-order valence-electron chi connectivity index (χ0n) is 11.6. The summed E-state index contributed by atoms with van der Waals surface area (Å²) in [5.41, 5.74) is 8.07. The first-order chi connectivity index (χ1) is 9.65. The minimum atomic E-state index is -0.512. The van der Waals surface area contributed by atoms with Crippen molar-refractivity contribution in [2.45, 2.75) is 50.3 Å². The third kappa shape index (κ3) is 2.58. The van der Waals surface area contributed by atoms with E-state index in [1.807, 2.05) is 24.3 Å². The molecule has 1 aromatic rings. The Morgan fingerprint density at radius 3 is 2.65 bits per heavy atom.